The molecule has 0 radical (unpaired) electrons. The van der Waals surface area contributed by atoms with Crippen molar-refractivity contribution in [2.24, 2.45) is 0 Å². The number of nitrogens with two attached hydrogens (primary N) is 1. The van der Waals surface area contributed by atoms with Crippen molar-refractivity contribution in [2.75, 3.05) is 30.4 Å². The zero-order valence-electron chi connectivity index (χ0n) is 15.8. The van der Waals surface area contributed by atoms with E-state index in [4.69, 9.17) is 22.1 Å². The summed E-state index contributed by atoms with van der Waals surface area (Å²) in [6.45, 7) is 3.79. The summed E-state index contributed by atoms with van der Waals surface area (Å²) in [4.78, 5) is 14.7. The normalized spacial score (nSPS) is 22.8. The van der Waals surface area contributed by atoms with Gasteiger partial charge in [0, 0.05) is 35.8 Å². The van der Waals surface area contributed by atoms with Crippen LogP contribution in [0.2, 0.25) is 5.02 Å². The molecule has 0 saturated carbocycles. The lowest BCUT2D eigenvalue weighted by molar-refractivity contribution is 0.102. The number of rotatable bonds is 3. The first kappa shape index (κ1) is 18.7. The number of nitrogens with zero attached hydrogens (tertiary/aromatic N) is 4. The summed E-state index contributed by atoms with van der Waals surface area (Å²) in [5.41, 5.74) is 7.38. The third-order valence-corrected chi connectivity index (χ3v) is 7.09. The summed E-state index contributed by atoms with van der Waals surface area (Å²) in [5.74, 6) is 0.732. The van der Waals surface area contributed by atoms with Gasteiger partial charge in [-0.2, -0.15) is 4.98 Å². The Kier molecular flexibility index (Phi) is 4.29. The number of fused-ring (bicyclic) bond motifs is 2. The molecular weight excluding hydrogens is 410 g/mol. The largest absolute Gasteiger partial charge is 0.380 e. The Morgan fingerprint density at radius 3 is 2.97 bits per heavy atom. The van der Waals surface area contributed by atoms with E-state index < -0.39 is 5.60 Å². The van der Waals surface area contributed by atoms with Gasteiger partial charge in [0.25, 0.3) is 0 Å². The SMILES string of the molecule is CC(O)(c1ccc2c(c1)N(c1nc(N)ncc1Cl)C[C@]21CCOC1)c1nccs1. The van der Waals surface area contributed by atoms with Crippen molar-refractivity contribution in [3.63, 3.8) is 0 Å². The molecule has 2 aliphatic rings. The average molecular weight is 430 g/mol. The smallest absolute Gasteiger partial charge is 0.222 e. The molecule has 3 aromatic rings. The van der Waals surface area contributed by atoms with Gasteiger partial charge in [0.2, 0.25) is 5.95 Å². The van der Waals surface area contributed by atoms with Crippen LogP contribution in [0.15, 0.2) is 36.0 Å². The van der Waals surface area contributed by atoms with Crippen LogP contribution in [0, 0.1) is 0 Å². The first-order valence-corrected chi connectivity index (χ1v) is 10.6. The van der Waals surface area contributed by atoms with Gasteiger partial charge in [-0.05, 0) is 30.5 Å². The molecule has 1 fully saturated rings. The fourth-order valence-corrected chi connectivity index (χ4v) is 5.17. The number of nitrogen functional groups attached to an aromatic ring is 1. The number of anilines is 3. The van der Waals surface area contributed by atoms with E-state index in [1.165, 1.54) is 23.1 Å². The number of thiazole rings is 1. The quantitative estimate of drug-likeness (QED) is 0.659. The van der Waals surface area contributed by atoms with Crippen LogP contribution in [0.1, 0.15) is 29.5 Å². The second kappa shape index (κ2) is 6.63. The molecular formula is C20H20ClN5O2S. The third kappa shape index (κ3) is 2.90. The summed E-state index contributed by atoms with van der Waals surface area (Å²) < 4.78 is 5.76. The third-order valence-electron chi connectivity index (χ3n) is 5.83. The second-order valence-electron chi connectivity index (χ2n) is 7.71. The number of hydrogen-bond acceptors (Lipinski definition) is 8. The van der Waals surface area contributed by atoms with E-state index in [1.807, 2.05) is 17.5 Å². The van der Waals surface area contributed by atoms with Crippen LogP contribution in [0.3, 0.4) is 0 Å². The van der Waals surface area contributed by atoms with Crippen molar-refractivity contribution >= 4 is 40.4 Å². The zero-order valence-corrected chi connectivity index (χ0v) is 17.4. The molecule has 0 amide bonds. The standard InChI is InChI=1S/C20H20ClN5O2S/c1-19(27,17-23-5-7-29-17)12-2-3-13-15(8-12)26(10-20(13)4-6-28-11-20)16-14(21)9-24-18(22)25-16/h2-3,5,7-9,27H,4,6,10-11H2,1H3,(H2,22,24,25)/t19?,20-/m0/s1. The number of benzene rings is 1. The average Bonchev–Trinajstić information content (AvgIpc) is 3.46. The molecule has 5 rings (SSSR count). The van der Waals surface area contributed by atoms with Gasteiger partial charge in [-0.25, -0.2) is 9.97 Å². The number of ether oxygens (including phenoxy) is 1. The summed E-state index contributed by atoms with van der Waals surface area (Å²) in [6, 6.07) is 6.05. The molecule has 2 aliphatic heterocycles. The maximum absolute atomic E-state index is 11.2. The number of hydrogen-bond donors (Lipinski definition) is 2. The molecule has 1 saturated heterocycles. The highest BCUT2D eigenvalue weighted by Crippen LogP contribution is 2.50. The Labute approximate surface area is 177 Å². The molecule has 150 valence electrons. The summed E-state index contributed by atoms with van der Waals surface area (Å²) in [5, 5.41) is 14.2. The maximum Gasteiger partial charge on any atom is 0.222 e. The Morgan fingerprint density at radius 1 is 1.38 bits per heavy atom. The maximum atomic E-state index is 11.2. The predicted octanol–water partition coefficient (Wildman–Crippen LogP) is 3.23. The monoisotopic (exact) mass is 429 g/mol. The van der Waals surface area contributed by atoms with Gasteiger partial charge in [0.15, 0.2) is 5.82 Å². The highest BCUT2D eigenvalue weighted by molar-refractivity contribution is 7.09. The van der Waals surface area contributed by atoms with Crippen molar-refractivity contribution in [3.8, 4) is 0 Å². The molecule has 0 aliphatic carbocycles. The van der Waals surface area contributed by atoms with Crippen molar-refractivity contribution in [1.82, 2.24) is 15.0 Å². The second-order valence-corrected chi connectivity index (χ2v) is 9.01. The molecule has 4 heterocycles. The Bertz CT molecular complexity index is 1070. The summed E-state index contributed by atoms with van der Waals surface area (Å²) >= 11 is 7.86. The molecule has 29 heavy (non-hydrogen) atoms. The number of aromatic nitrogens is 3. The minimum absolute atomic E-state index is 0.135. The molecule has 2 atom stereocenters. The Morgan fingerprint density at radius 2 is 2.24 bits per heavy atom. The molecule has 2 aromatic heterocycles. The van der Waals surface area contributed by atoms with E-state index in [0.717, 1.165) is 17.7 Å². The molecule has 1 unspecified atom stereocenters. The Hall–Kier alpha value is -2.26. The molecule has 9 heteroatoms. The minimum Gasteiger partial charge on any atom is -0.380 e. The lowest BCUT2D eigenvalue weighted by Gasteiger charge is -2.24. The topological polar surface area (TPSA) is 97.4 Å². The fraction of sp³-hybridized carbons (Fsp3) is 0.350. The highest BCUT2D eigenvalue weighted by atomic mass is 35.5. The molecule has 3 N–H and O–H groups in total. The van der Waals surface area contributed by atoms with Crippen molar-refractivity contribution < 1.29 is 9.84 Å². The van der Waals surface area contributed by atoms with E-state index in [9.17, 15) is 5.11 Å². The van der Waals surface area contributed by atoms with Gasteiger partial charge in [-0.1, -0.05) is 23.7 Å². The van der Waals surface area contributed by atoms with Gasteiger partial charge in [-0.15, -0.1) is 11.3 Å². The van der Waals surface area contributed by atoms with E-state index >= 15 is 0 Å². The van der Waals surface area contributed by atoms with E-state index in [1.54, 1.807) is 13.1 Å². The molecule has 1 spiro atoms. The van der Waals surface area contributed by atoms with Gasteiger partial charge >= 0.3 is 0 Å². The first-order valence-electron chi connectivity index (χ1n) is 9.31. The van der Waals surface area contributed by atoms with Gasteiger partial charge in [0.1, 0.15) is 15.6 Å². The van der Waals surface area contributed by atoms with E-state index in [-0.39, 0.29) is 11.4 Å². The van der Waals surface area contributed by atoms with Crippen LogP contribution >= 0.6 is 22.9 Å². The van der Waals surface area contributed by atoms with Gasteiger partial charge < -0.3 is 20.5 Å². The van der Waals surface area contributed by atoms with Crippen LogP contribution in [0.5, 0.6) is 0 Å². The van der Waals surface area contributed by atoms with Gasteiger partial charge in [0.05, 0.1) is 12.8 Å². The van der Waals surface area contributed by atoms with E-state index in [2.05, 4.69) is 25.9 Å². The summed E-state index contributed by atoms with van der Waals surface area (Å²) in [7, 11) is 0. The van der Waals surface area contributed by atoms with Gasteiger partial charge in [-0.3, -0.25) is 0 Å². The molecule has 1 aromatic carbocycles. The molecule has 7 nitrogen and oxygen atoms in total. The van der Waals surface area contributed by atoms with Crippen LogP contribution in [0.25, 0.3) is 0 Å². The van der Waals surface area contributed by atoms with Crippen LogP contribution in [-0.4, -0.2) is 39.8 Å². The van der Waals surface area contributed by atoms with Crippen molar-refractivity contribution in [1.29, 1.82) is 0 Å². The fourth-order valence-electron chi connectivity index (χ4n) is 4.26. The zero-order chi connectivity index (χ0) is 20.2. The Balaban J connectivity index is 1.67. The lowest BCUT2D eigenvalue weighted by atomic mass is 9.81. The van der Waals surface area contributed by atoms with Crippen molar-refractivity contribution in [3.05, 3.63) is 57.1 Å². The summed E-state index contributed by atoms with van der Waals surface area (Å²) in [6.07, 6.45) is 4.13. The first-order chi connectivity index (χ1) is 13.9. The van der Waals surface area contributed by atoms with Crippen molar-refractivity contribution in [2.45, 2.75) is 24.4 Å². The van der Waals surface area contributed by atoms with Crippen LogP contribution in [0.4, 0.5) is 17.5 Å². The predicted molar refractivity (Wildman–Crippen MR) is 113 cm³/mol. The highest BCUT2D eigenvalue weighted by Gasteiger charge is 2.47. The minimum atomic E-state index is -1.20. The van der Waals surface area contributed by atoms with Crippen LogP contribution < -0.4 is 10.6 Å². The lowest BCUT2D eigenvalue weighted by Crippen LogP contribution is -2.32. The number of halogens is 1. The number of aliphatic hydroxyl groups is 1. The van der Waals surface area contributed by atoms with Crippen LogP contribution in [-0.2, 0) is 15.8 Å². The van der Waals surface area contributed by atoms with E-state index in [0.29, 0.717) is 35.6 Å². The molecule has 0 bridgehead atoms.